The number of nitro groups is 1. The second-order valence-electron chi connectivity index (χ2n) is 4.04. The largest absolute Gasteiger partial charge is 0.506 e. The minimum absolute atomic E-state index is 0.0377. The average Bonchev–Trinajstić information content (AvgIpc) is 2.43. The van der Waals surface area contributed by atoms with E-state index in [9.17, 15) is 20.0 Å². The minimum atomic E-state index is -0.589. The van der Waals surface area contributed by atoms with Gasteiger partial charge in [0.2, 0.25) is 0 Å². The van der Waals surface area contributed by atoms with E-state index >= 15 is 0 Å². The Bertz CT molecular complexity index is 734. The molecule has 0 fully saturated rings. The van der Waals surface area contributed by atoms with E-state index in [2.05, 4.69) is 5.32 Å². The Balaban J connectivity index is 2.23. The van der Waals surface area contributed by atoms with E-state index in [4.69, 9.17) is 23.2 Å². The summed E-state index contributed by atoms with van der Waals surface area (Å²) in [7, 11) is 0. The number of benzene rings is 2. The molecule has 21 heavy (non-hydrogen) atoms. The number of nitro benzene ring substituents is 1. The molecule has 108 valence electrons. The number of carbonyl (C=O) groups excluding carboxylic acids is 1. The van der Waals surface area contributed by atoms with Gasteiger partial charge in [-0.15, -0.1) is 0 Å². The zero-order valence-electron chi connectivity index (χ0n) is 10.3. The number of hydrogen-bond acceptors (Lipinski definition) is 4. The van der Waals surface area contributed by atoms with Gasteiger partial charge in [-0.25, -0.2) is 0 Å². The van der Waals surface area contributed by atoms with Gasteiger partial charge < -0.3 is 10.4 Å². The van der Waals surface area contributed by atoms with Gasteiger partial charge in [0.15, 0.2) is 0 Å². The van der Waals surface area contributed by atoms with Crippen molar-refractivity contribution < 1.29 is 14.8 Å². The van der Waals surface area contributed by atoms with E-state index in [1.165, 1.54) is 30.3 Å². The van der Waals surface area contributed by atoms with Gasteiger partial charge in [-0.1, -0.05) is 23.2 Å². The summed E-state index contributed by atoms with van der Waals surface area (Å²) in [5, 5.41) is 22.7. The highest BCUT2D eigenvalue weighted by atomic mass is 35.5. The maximum atomic E-state index is 12.0. The monoisotopic (exact) mass is 326 g/mol. The Morgan fingerprint density at radius 1 is 1.14 bits per heavy atom. The first-order valence-corrected chi connectivity index (χ1v) is 6.38. The number of hydrogen-bond donors (Lipinski definition) is 2. The lowest BCUT2D eigenvalue weighted by molar-refractivity contribution is -0.384. The summed E-state index contributed by atoms with van der Waals surface area (Å²) < 4.78 is 0. The van der Waals surface area contributed by atoms with Crippen LogP contribution in [0.2, 0.25) is 10.0 Å². The van der Waals surface area contributed by atoms with Crippen LogP contribution in [0.25, 0.3) is 0 Å². The molecule has 8 heteroatoms. The molecule has 0 heterocycles. The van der Waals surface area contributed by atoms with Crippen molar-refractivity contribution in [2.24, 2.45) is 0 Å². The zero-order valence-corrected chi connectivity index (χ0v) is 11.9. The predicted molar refractivity (Wildman–Crippen MR) is 79.2 cm³/mol. The summed E-state index contributed by atoms with van der Waals surface area (Å²) in [6.07, 6.45) is 0. The fourth-order valence-corrected chi connectivity index (χ4v) is 1.91. The molecule has 0 bridgehead atoms. The van der Waals surface area contributed by atoms with Crippen molar-refractivity contribution in [2.75, 3.05) is 5.32 Å². The standard InChI is InChI=1S/C13H8Cl2N2O4/c14-9-3-1-7(5-12(9)18)13(19)16-11-4-2-8(17(20)21)6-10(11)15/h1-6,18H,(H,16,19). The van der Waals surface area contributed by atoms with Gasteiger partial charge in [-0.05, 0) is 24.3 Å². The zero-order chi connectivity index (χ0) is 15.6. The topological polar surface area (TPSA) is 92.5 Å². The van der Waals surface area contributed by atoms with Crippen LogP contribution in [0.1, 0.15) is 10.4 Å². The molecule has 0 aromatic heterocycles. The SMILES string of the molecule is O=C(Nc1ccc([N+](=O)[O-])cc1Cl)c1ccc(Cl)c(O)c1. The number of halogens is 2. The molecule has 0 aliphatic rings. The van der Waals surface area contributed by atoms with Gasteiger partial charge in [0, 0.05) is 17.7 Å². The molecule has 2 aromatic rings. The van der Waals surface area contributed by atoms with Gasteiger partial charge in [0.25, 0.3) is 11.6 Å². The smallest absolute Gasteiger partial charge is 0.271 e. The number of aromatic hydroxyl groups is 1. The van der Waals surface area contributed by atoms with E-state index in [1.54, 1.807) is 0 Å². The van der Waals surface area contributed by atoms with Crippen LogP contribution in [-0.4, -0.2) is 15.9 Å². The predicted octanol–water partition coefficient (Wildman–Crippen LogP) is 3.86. The summed E-state index contributed by atoms with van der Waals surface area (Å²) in [5.41, 5.74) is 0.218. The van der Waals surface area contributed by atoms with Crippen molar-refractivity contribution in [2.45, 2.75) is 0 Å². The Kier molecular flexibility index (Phi) is 4.30. The molecule has 2 N–H and O–H groups in total. The molecule has 0 saturated heterocycles. The van der Waals surface area contributed by atoms with Gasteiger partial charge in [0.1, 0.15) is 5.75 Å². The number of rotatable bonds is 3. The van der Waals surface area contributed by atoms with Crippen LogP contribution in [0.5, 0.6) is 5.75 Å². The van der Waals surface area contributed by atoms with Crippen molar-refractivity contribution in [3.63, 3.8) is 0 Å². The normalized spacial score (nSPS) is 10.2. The first-order valence-electron chi connectivity index (χ1n) is 5.62. The highest BCUT2D eigenvalue weighted by molar-refractivity contribution is 6.34. The molecule has 0 spiro atoms. The number of phenolic OH excluding ortho intramolecular Hbond substituents is 1. The summed E-state index contributed by atoms with van der Waals surface area (Å²) in [5.74, 6) is -0.753. The molecule has 0 unspecified atom stereocenters. The van der Waals surface area contributed by atoms with Crippen molar-refractivity contribution in [3.8, 4) is 5.75 Å². The molecule has 2 rings (SSSR count). The highest BCUT2D eigenvalue weighted by Gasteiger charge is 2.13. The third-order valence-corrected chi connectivity index (χ3v) is 3.25. The van der Waals surface area contributed by atoms with E-state index in [0.717, 1.165) is 6.07 Å². The first kappa shape index (κ1) is 15.1. The second kappa shape index (κ2) is 5.99. The lowest BCUT2D eigenvalue weighted by atomic mass is 10.2. The summed E-state index contributed by atoms with van der Waals surface area (Å²) in [4.78, 5) is 22.0. The van der Waals surface area contributed by atoms with Gasteiger partial charge >= 0.3 is 0 Å². The van der Waals surface area contributed by atoms with Gasteiger partial charge in [-0.3, -0.25) is 14.9 Å². The minimum Gasteiger partial charge on any atom is -0.506 e. The Hall–Kier alpha value is -2.31. The lowest BCUT2D eigenvalue weighted by Crippen LogP contribution is -2.12. The number of phenols is 1. The molecule has 6 nitrogen and oxygen atoms in total. The maximum absolute atomic E-state index is 12.0. The van der Waals surface area contributed by atoms with Crippen LogP contribution < -0.4 is 5.32 Å². The average molecular weight is 327 g/mol. The Labute approximate surface area is 129 Å². The molecule has 2 aromatic carbocycles. The summed E-state index contributed by atoms with van der Waals surface area (Å²) >= 11 is 11.5. The van der Waals surface area contributed by atoms with E-state index < -0.39 is 10.8 Å². The Morgan fingerprint density at radius 3 is 2.43 bits per heavy atom. The molecule has 1 amide bonds. The summed E-state index contributed by atoms with van der Waals surface area (Å²) in [6, 6.07) is 7.70. The van der Waals surface area contributed by atoms with Gasteiger partial charge in [-0.2, -0.15) is 0 Å². The first-order chi connectivity index (χ1) is 9.88. The van der Waals surface area contributed by atoms with Crippen molar-refractivity contribution in [1.29, 1.82) is 0 Å². The van der Waals surface area contributed by atoms with Gasteiger partial charge in [0.05, 0.1) is 20.7 Å². The van der Waals surface area contributed by atoms with Crippen LogP contribution in [0.3, 0.4) is 0 Å². The number of amides is 1. The quantitative estimate of drug-likeness (QED) is 0.661. The van der Waals surface area contributed by atoms with Crippen molar-refractivity contribution in [1.82, 2.24) is 0 Å². The van der Waals surface area contributed by atoms with Crippen LogP contribution in [0.15, 0.2) is 36.4 Å². The summed E-state index contributed by atoms with van der Waals surface area (Å²) in [6.45, 7) is 0. The fourth-order valence-electron chi connectivity index (χ4n) is 1.57. The molecule has 0 radical (unpaired) electrons. The van der Waals surface area contributed by atoms with Crippen LogP contribution in [0.4, 0.5) is 11.4 Å². The molecule has 0 aliphatic carbocycles. The fraction of sp³-hybridized carbons (Fsp3) is 0. The number of carbonyl (C=O) groups is 1. The van der Waals surface area contributed by atoms with E-state index in [-0.39, 0.29) is 32.7 Å². The number of non-ortho nitro benzene ring substituents is 1. The van der Waals surface area contributed by atoms with E-state index in [1.807, 2.05) is 0 Å². The highest BCUT2D eigenvalue weighted by Crippen LogP contribution is 2.28. The third kappa shape index (κ3) is 3.42. The lowest BCUT2D eigenvalue weighted by Gasteiger charge is -2.07. The Morgan fingerprint density at radius 2 is 1.86 bits per heavy atom. The van der Waals surface area contributed by atoms with Crippen LogP contribution in [0, 0.1) is 10.1 Å². The third-order valence-electron chi connectivity index (χ3n) is 2.62. The van der Waals surface area contributed by atoms with Crippen molar-refractivity contribution >= 4 is 40.5 Å². The molecule has 0 atom stereocenters. The molecule has 0 saturated carbocycles. The number of anilines is 1. The van der Waals surface area contributed by atoms with Crippen LogP contribution >= 0.6 is 23.2 Å². The molecule has 0 aliphatic heterocycles. The second-order valence-corrected chi connectivity index (χ2v) is 4.86. The molecular formula is C13H8Cl2N2O4. The maximum Gasteiger partial charge on any atom is 0.271 e. The van der Waals surface area contributed by atoms with Crippen molar-refractivity contribution in [3.05, 3.63) is 62.1 Å². The number of nitrogens with one attached hydrogen (secondary N) is 1. The number of nitrogens with zero attached hydrogens (tertiary/aromatic N) is 1. The molecular weight excluding hydrogens is 319 g/mol. The van der Waals surface area contributed by atoms with E-state index in [0.29, 0.717) is 0 Å². The van der Waals surface area contributed by atoms with Crippen LogP contribution in [-0.2, 0) is 0 Å².